The average molecular weight is 231 g/mol. The Kier molecular flexibility index (Phi) is 3.47. The molecule has 14 heavy (non-hydrogen) atoms. The van der Waals surface area contributed by atoms with Crippen molar-refractivity contribution in [2.45, 2.75) is 38.2 Å². The minimum atomic E-state index is -0.0656. The van der Waals surface area contributed by atoms with Crippen molar-refractivity contribution >= 4 is 22.9 Å². The molecule has 1 fully saturated rings. The molecule has 1 N–H and O–H groups in total. The average Bonchev–Trinajstić information content (AvgIpc) is 2.51. The van der Waals surface area contributed by atoms with E-state index in [0.29, 0.717) is 5.92 Å². The Balaban J connectivity index is 1.90. The minimum absolute atomic E-state index is 0.0656. The summed E-state index contributed by atoms with van der Waals surface area (Å²) >= 11 is 7.54. The molecule has 2 unspecified atom stereocenters. The molecular weight excluding hydrogens is 216 g/mol. The first-order valence-electron chi connectivity index (χ1n) is 5.16. The van der Waals surface area contributed by atoms with E-state index >= 15 is 0 Å². The minimum Gasteiger partial charge on any atom is -0.393 e. The molecule has 0 saturated heterocycles. The summed E-state index contributed by atoms with van der Waals surface area (Å²) < 4.78 is 0.872. The van der Waals surface area contributed by atoms with E-state index < -0.39 is 0 Å². The molecule has 0 bridgehead atoms. The largest absolute Gasteiger partial charge is 0.393 e. The lowest BCUT2D eigenvalue weighted by molar-refractivity contribution is 0.101. The third kappa shape index (κ3) is 2.72. The number of aliphatic hydroxyl groups excluding tert-OH is 1. The molecule has 1 nitrogen and oxygen atoms in total. The van der Waals surface area contributed by atoms with E-state index in [1.165, 1.54) is 17.7 Å². The van der Waals surface area contributed by atoms with Crippen LogP contribution < -0.4 is 0 Å². The number of halogens is 1. The molecule has 2 rings (SSSR count). The van der Waals surface area contributed by atoms with Gasteiger partial charge in [-0.1, -0.05) is 18.0 Å². The van der Waals surface area contributed by atoms with Gasteiger partial charge in [0.15, 0.2) is 0 Å². The van der Waals surface area contributed by atoms with Crippen molar-refractivity contribution in [1.29, 1.82) is 0 Å². The van der Waals surface area contributed by atoms with Gasteiger partial charge in [0.25, 0.3) is 0 Å². The molecule has 0 aliphatic heterocycles. The number of thiophene rings is 1. The Hall–Kier alpha value is -0.0500. The lowest BCUT2D eigenvalue weighted by Crippen LogP contribution is -2.20. The van der Waals surface area contributed by atoms with Crippen molar-refractivity contribution in [2.75, 3.05) is 0 Å². The maximum atomic E-state index is 9.54. The van der Waals surface area contributed by atoms with Crippen LogP contribution in [0.25, 0.3) is 0 Å². The predicted molar refractivity (Wildman–Crippen MR) is 61.0 cm³/mol. The Morgan fingerprint density at radius 3 is 2.93 bits per heavy atom. The molecule has 1 aromatic rings. The van der Waals surface area contributed by atoms with Gasteiger partial charge in [-0.2, -0.15) is 0 Å². The van der Waals surface area contributed by atoms with Crippen LogP contribution in [0, 0.1) is 5.92 Å². The molecule has 0 spiro atoms. The number of rotatable bonds is 2. The van der Waals surface area contributed by atoms with Crippen molar-refractivity contribution in [2.24, 2.45) is 5.92 Å². The second-order valence-corrected chi connectivity index (χ2v) is 5.90. The van der Waals surface area contributed by atoms with Gasteiger partial charge < -0.3 is 5.11 Å². The monoisotopic (exact) mass is 230 g/mol. The molecule has 0 amide bonds. The molecule has 1 heterocycles. The van der Waals surface area contributed by atoms with E-state index in [0.717, 1.165) is 23.6 Å². The summed E-state index contributed by atoms with van der Waals surface area (Å²) in [5.74, 6) is 0.661. The zero-order valence-electron chi connectivity index (χ0n) is 8.08. The fraction of sp³-hybridized carbons (Fsp3) is 0.636. The van der Waals surface area contributed by atoms with E-state index in [-0.39, 0.29) is 6.10 Å². The van der Waals surface area contributed by atoms with Crippen LogP contribution in [0.5, 0.6) is 0 Å². The van der Waals surface area contributed by atoms with Crippen LogP contribution in [0.4, 0.5) is 0 Å². The van der Waals surface area contributed by atoms with E-state index in [4.69, 9.17) is 11.6 Å². The van der Waals surface area contributed by atoms with E-state index in [9.17, 15) is 5.11 Å². The second-order valence-electron chi connectivity index (χ2n) is 4.10. The van der Waals surface area contributed by atoms with Crippen molar-refractivity contribution in [3.63, 3.8) is 0 Å². The van der Waals surface area contributed by atoms with Gasteiger partial charge in [-0.05, 0) is 43.7 Å². The number of hydrogen-bond acceptors (Lipinski definition) is 2. The first kappa shape index (κ1) is 10.5. The molecule has 78 valence electrons. The van der Waals surface area contributed by atoms with Gasteiger partial charge in [0.1, 0.15) is 0 Å². The Morgan fingerprint density at radius 2 is 2.29 bits per heavy atom. The molecule has 1 saturated carbocycles. The fourth-order valence-electron chi connectivity index (χ4n) is 2.19. The molecular formula is C11H15ClOS. The van der Waals surface area contributed by atoms with Gasteiger partial charge >= 0.3 is 0 Å². The highest BCUT2D eigenvalue weighted by Gasteiger charge is 2.20. The second kappa shape index (κ2) is 4.65. The summed E-state index contributed by atoms with van der Waals surface area (Å²) in [6.07, 6.45) is 5.41. The van der Waals surface area contributed by atoms with Gasteiger partial charge in [-0.15, -0.1) is 11.3 Å². The highest BCUT2D eigenvalue weighted by Crippen LogP contribution is 2.30. The van der Waals surface area contributed by atoms with Crippen molar-refractivity contribution in [1.82, 2.24) is 0 Å². The van der Waals surface area contributed by atoms with Gasteiger partial charge in [-0.25, -0.2) is 0 Å². The van der Waals surface area contributed by atoms with Crippen molar-refractivity contribution in [3.8, 4) is 0 Å². The van der Waals surface area contributed by atoms with E-state index in [1.54, 1.807) is 11.3 Å². The molecule has 0 radical (unpaired) electrons. The summed E-state index contributed by atoms with van der Waals surface area (Å²) in [6, 6.07) is 4.06. The maximum Gasteiger partial charge on any atom is 0.0931 e. The van der Waals surface area contributed by atoms with Crippen molar-refractivity contribution < 1.29 is 5.11 Å². The number of hydrogen-bond donors (Lipinski definition) is 1. The van der Waals surface area contributed by atoms with Crippen LogP contribution in [0.2, 0.25) is 4.34 Å². The summed E-state index contributed by atoms with van der Waals surface area (Å²) in [4.78, 5) is 1.36. The van der Waals surface area contributed by atoms with Crippen LogP contribution in [0.1, 0.15) is 30.6 Å². The van der Waals surface area contributed by atoms with Gasteiger partial charge in [0, 0.05) is 4.88 Å². The molecule has 3 heteroatoms. The Bertz CT molecular complexity index is 297. The first-order valence-corrected chi connectivity index (χ1v) is 6.36. The fourth-order valence-corrected chi connectivity index (χ4v) is 3.40. The Labute approximate surface area is 93.7 Å². The normalized spacial score (nSPS) is 27.9. The third-order valence-corrected chi connectivity index (χ3v) is 4.13. The summed E-state index contributed by atoms with van der Waals surface area (Å²) in [7, 11) is 0. The molecule has 2 atom stereocenters. The molecule has 1 aromatic heterocycles. The maximum absolute atomic E-state index is 9.54. The van der Waals surface area contributed by atoms with Crippen LogP contribution >= 0.6 is 22.9 Å². The van der Waals surface area contributed by atoms with Gasteiger partial charge in [0.05, 0.1) is 10.4 Å². The lowest BCUT2D eigenvalue weighted by Gasteiger charge is -2.25. The summed E-state index contributed by atoms with van der Waals surface area (Å²) in [6.45, 7) is 0. The van der Waals surface area contributed by atoms with Crippen LogP contribution in [-0.2, 0) is 6.42 Å². The highest BCUT2D eigenvalue weighted by atomic mass is 35.5. The van der Waals surface area contributed by atoms with E-state index in [2.05, 4.69) is 6.07 Å². The van der Waals surface area contributed by atoms with E-state index in [1.807, 2.05) is 6.07 Å². The zero-order valence-corrected chi connectivity index (χ0v) is 9.65. The molecule has 1 aliphatic rings. The van der Waals surface area contributed by atoms with Gasteiger partial charge in [0.2, 0.25) is 0 Å². The van der Waals surface area contributed by atoms with Crippen molar-refractivity contribution in [3.05, 3.63) is 21.3 Å². The van der Waals surface area contributed by atoms with Crippen LogP contribution in [0.3, 0.4) is 0 Å². The SMILES string of the molecule is OC1CCCC(Cc2ccc(Cl)s2)C1. The molecule has 1 aliphatic carbocycles. The highest BCUT2D eigenvalue weighted by molar-refractivity contribution is 7.16. The van der Waals surface area contributed by atoms with Crippen LogP contribution in [0.15, 0.2) is 12.1 Å². The lowest BCUT2D eigenvalue weighted by atomic mass is 9.85. The third-order valence-electron chi connectivity index (χ3n) is 2.87. The summed E-state index contributed by atoms with van der Waals surface area (Å²) in [5, 5.41) is 9.54. The quantitative estimate of drug-likeness (QED) is 0.825. The smallest absolute Gasteiger partial charge is 0.0931 e. The summed E-state index contributed by atoms with van der Waals surface area (Å²) in [5.41, 5.74) is 0. The standard InChI is InChI=1S/C11H15ClOS/c12-11-5-4-10(14-11)7-8-2-1-3-9(13)6-8/h4-5,8-9,13H,1-3,6-7H2. The zero-order chi connectivity index (χ0) is 9.97. The first-order chi connectivity index (χ1) is 6.74. The van der Waals surface area contributed by atoms with Gasteiger partial charge in [-0.3, -0.25) is 0 Å². The van der Waals surface area contributed by atoms with Crippen LogP contribution in [-0.4, -0.2) is 11.2 Å². The predicted octanol–water partition coefficient (Wildman–Crippen LogP) is 3.50. The topological polar surface area (TPSA) is 20.2 Å². The number of aliphatic hydroxyl groups is 1. The Morgan fingerprint density at radius 1 is 1.43 bits per heavy atom. The molecule has 0 aromatic carbocycles.